The van der Waals surface area contributed by atoms with Crippen molar-refractivity contribution in [2.24, 2.45) is 5.92 Å². The van der Waals surface area contributed by atoms with Crippen LogP contribution in [0.25, 0.3) is 0 Å². The van der Waals surface area contributed by atoms with E-state index in [0.29, 0.717) is 27.5 Å². The van der Waals surface area contributed by atoms with Gasteiger partial charge in [-0.15, -0.1) is 11.3 Å². The second kappa shape index (κ2) is 11.0. The molecular weight excluding hydrogens is 569 g/mol. The third-order valence-corrected chi connectivity index (χ3v) is 9.08. The number of nitrogens with zero attached hydrogens (tertiary/aromatic N) is 1. The summed E-state index contributed by atoms with van der Waals surface area (Å²) in [6.45, 7) is 6.26. The van der Waals surface area contributed by atoms with Gasteiger partial charge in [-0.1, -0.05) is 63.2 Å². The molecule has 0 bridgehead atoms. The Labute approximate surface area is 252 Å². The van der Waals surface area contributed by atoms with E-state index < -0.39 is 41.6 Å². The van der Waals surface area contributed by atoms with Gasteiger partial charge in [-0.2, -0.15) is 0 Å². The minimum Gasteiger partial charge on any atom is -0.480 e. The molecule has 7 nitrogen and oxygen atoms in total. The number of hydrogen-bond donors (Lipinski definition) is 1. The summed E-state index contributed by atoms with van der Waals surface area (Å²) in [5.41, 5.74) is 2.02. The number of ketones is 1. The molecule has 1 fully saturated rings. The van der Waals surface area contributed by atoms with Crippen LogP contribution in [0.3, 0.4) is 0 Å². The molecule has 4 aromatic rings. The number of amides is 1. The Hall–Kier alpha value is -4.50. The molecule has 4 unspecified atom stereocenters. The second-order valence-electron chi connectivity index (χ2n) is 11.8. The van der Waals surface area contributed by atoms with Crippen LogP contribution in [-0.2, 0) is 10.2 Å². The molecule has 220 valence electrons. The SMILES string of the molecule is CC(C)(C)c1ccc(C2C(C(=O)c3cccs3)C(c3ccc4c(c3)OCO4)N(C(=O)c3cccc(F)c3)C2C(=O)O)cc1. The predicted molar refractivity (Wildman–Crippen MR) is 159 cm³/mol. The Morgan fingerprint density at radius 2 is 1.63 bits per heavy atom. The molecule has 2 aliphatic rings. The van der Waals surface area contributed by atoms with E-state index in [2.05, 4.69) is 20.8 Å². The van der Waals surface area contributed by atoms with Gasteiger partial charge in [0.15, 0.2) is 17.3 Å². The molecule has 1 saturated heterocycles. The Morgan fingerprint density at radius 3 is 2.28 bits per heavy atom. The number of carbonyl (C=O) groups excluding carboxylic acids is 2. The molecule has 9 heteroatoms. The van der Waals surface area contributed by atoms with Crippen molar-refractivity contribution in [3.05, 3.63) is 117 Å². The van der Waals surface area contributed by atoms with E-state index in [9.17, 15) is 23.9 Å². The number of halogens is 1. The van der Waals surface area contributed by atoms with E-state index in [1.807, 2.05) is 24.3 Å². The molecule has 6 rings (SSSR count). The number of benzene rings is 3. The first-order valence-electron chi connectivity index (χ1n) is 13.9. The van der Waals surface area contributed by atoms with Crippen LogP contribution < -0.4 is 9.47 Å². The smallest absolute Gasteiger partial charge is 0.327 e. The highest BCUT2D eigenvalue weighted by Gasteiger charge is 2.58. The molecule has 0 spiro atoms. The van der Waals surface area contributed by atoms with Crippen LogP contribution in [0.1, 0.15) is 69.5 Å². The van der Waals surface area contributed by atoms with Crippen LogP contribution in [0.5, 0.6) is 11.5 Å². The zero-order chi connectivity index (χ0) is 30.5. The molecule has 0 radical (unpaired) electrons. The number of thiophene rings is 1. The normalized spacial score (nSPS) is 21.2. The average molecular weight is 600 g/mol. The first-order valence-corrected chi connectivity index (χ1v) is 14.8. The first-order chi connectivity index (χ1) is 20.5. The Morgan fingerprint density at radius 1 is 0.907 bits per heavy atom. The fourth-order valence-electron chi connectivity index (χ4n) is 6.16. The van der Waals surface area contributed by atoms with Crippen molar-refractivity contribution in [3.8, 4) is 11.5 Å². The van der Waals surface area contributed by atoms with Crippen LogP contribution in [0.15, 0.2) is 84.2 Å². The fraction of sp³-hybridized carbons (Fsp3) is 0.265. The topological polar surface area (TPSA) is 93.1 Å². The summed E-state index contributed by atoms with van der Waals surface area (Å²) < 4.78 is 25.4. The van der Waals surface area contributed by atoms with Crippen LogP contribution in [-0.4, -0.2) is 40.5 Å². The van der Waals surface area contributed by atoms with Gasteiger partial charge in [-0.3, -0.25) is 9.59 Å². The summed E-state index contributed by atoms with van der Waals surface area (Å²) in [5, 5.41) is 12.6. The van der Waals surface area contributed by atoms with Crippen molar-refractivity contribution in [2.45, 2.75) is 44.2 Å². The molecule has 2 aliphatic heterocycles. The lowest BCUT2D eigenvalue weighted by molar-refractivity contribution is -0.142. The van der Waals surface area contributed by atoms with E-state index in [-0.39, 0.29) is 23.6 Å². The molecule has 1 aromatic heterocycles. The van der Waals surface area contributed by atoms with E-state index >= 15 is 0 Å². The minimum absolute atomic E-state index is 0.0111. The van der Waals surface area contributed by atoms with Gasteiger partial charge in [0.05, 0.1) is 16.8 Å². The third-order valence-electron chi connectivity index (χ3n) is 8.19. The maximum absolute atomic E-state index is 14.4. The summed E-state index contributed by atoms with van der Waals surface area (Å²) in [6, 6.07) is 18.9. The number of aliphatic carboxylic acids is 1. The molecular formula is C34H30FNO6S. The predicted octanol–water partition coefficient (Wildman–Crippen LogP) is 6.85. The van der Waals surface area contributed by atoms with Crippen molar-refractivity contribution in [1.82, 2.24) is 4.90 Å². The Balaban J connectivity index is 1.59. The zero-order valence-corrected chi connectivity index (χ0v) is 24.6. The van der Waals surface area contributed by atoms with Gasteiger partial charge >= 0.3 is 5.97 Å². The number of fused-ring (bicyclic) bond motifs is 1. The Kier molecular flexibility index (Phi) is 7.30. The maximum Gasteiger partial charge on any atom is 0.327 e. The lowest BCUT2D eigenvalue weighted by Gasteiger charge is -2.30. The quantitative estimate of drug-likeness (QED) is 0.244. The van der Waals surface area contributed by atoms with Crippen molar-refractivity contribution >= 4 is 29.0 Å². The van der Waals surface area contributed by atoms with Gasteiger partial charge in [0.25, 0.3) is 5.91 Å². The largest absolute Gasteiger partial charge is 0.480 e. The maximum atomic E-state index is 14.4. The van der Waals surface area contributed by atoms with Crippen molar-refractivity contribution < 1.29 is 33.4 Å². The number of carboxylic acids is 1. The molecule has 3 aromatic carbocycles. The highest BCUT2D eigenvalue weighted by Crippen LogP contribution is 2.53. The van der Waals surface area contributed by atoms with Crippen molar-refractivity contribution in [3.63, 3.8) is 0 Å². The molecule has 1 N–H and O–H groups in total. The molecule has 4 atom stereocenters. The third kappa shape index (κ3) is 5.18. The number of Topliss-reactive ketones (excluding diaryl/α,β-unsaturated/α-hetero) is 1. The second-order valence-corrected chi connectivity index (χ2v) is 12.8. The fourth-order valence-corrected chi connectivity index (χ4v) is 6.87. The standard InChI is InChI=1S/C34H30FNO6S/c1-34(2,3)22-12-9-19(10-13-22)27-28(31(37)26-8-5-15-43-26)29(20-11-14-24-25(17-20)42-18-41-24)36(30(27)33(39)40)32(38)21-6-4-7-23(35)16-21/h4-17,27-30H,18H2,1-3H3,(H,39,40). The molecule has 0 aliphatic carbocycles. The van der Waals surface area contributed by atoms with Gasteiger partial charge in [-0.25, -0.2) is 9.18 Å². The van der Waals surface area contributed by atoms with Crippen LogP contribution in [0.4, 0.5) is 4.39 Å². The number of carbonyl (C=O) groups is 3. The van der Waals surface area contributed by atoms with E-state index in [0.717, 1.165) is 11.6 Å². The van der Waals surface area contributed by atoms with Crippen molar-refractivity contribution in [1.29, 1.82) is 0 Å². The molecule has 3 heterocycles. The molecule has 43 heavy (non-hydrogen) atoms. The monoisotopic (exact) mass is 599 g/mol. The lowest BCUT2D eigenvalue weighted by atomic mass is 9.76. The highest BCUT2D eigenvalue weighted by atomic mass is 32.1. The van der Waals surface area contributed by atoms with E-state index in [1.165, 1.54) is 34.4 Å². The van der Waals surface area contributed by atoms with Crippen LogP contribution in [0.2, 0.25) is 0 Å². The molecule has 1 amide bonds. The van der Waals surface area contributed by atoms with E-state index in [1.54, 1.807) is 35.7 Å². The number of hydrogen-bond acceptors (Lipinski definition) is 6. The van der Waals surface area contributed by atoms with Gasteiger partial charge in [0.1, 0.15) is 11.9 Å². The number of rotatable bonds is 6. The lowest BCUT2D eigenvalue weighted by Crippen LogP contribution is -2.43. The summed E-state index contributed by atoms with van der Waals surface area (Å²) in [7, 11) is 0. The molecule has 0 saturated carbocycles. The summed E-state index contributed by atoms with van der Waals surface area (Å²) >= 11 is 1.26. The van der Waals surface area contributed by atoms with Crippen LogP contribution >= 0.6 is 11.3 Å². The average Bonchev–Trinajstić information content (AvgIpc) is 3.74. The van der Waals surface area contributed by atoms with Crippen LogP contribution in [0, 0.1) is 11.7 Å². The summed E-state index contributed by atoms with van der Waals surface area (Å²) in [6.07, 6.45) is 0. The summed E-state index contributed by atoms with van der Waals surface area (Å²) in [5.74, 6) is -3.79. The van der Waals surface area contributed by atoms with Gasteiger partial charge in [0.2, 0.25) is 6.79 Å². The summed E-state index contributed by atoms with van der Waals surface area (Å²) in [4.78, 5) is 43.6. The minimum atomic E-state index is -1.43. The number of ether oxygens (including phenoxy) is 2. The highest BCUT2D eigenvalue weighted by molar-refractivity contribution is 7.12. The van der Waals surface area contributed by atoms with Crippen molar-refractivity contribution in [2.75, 3.05) is 6.79 Å². The Bertz CT molecular complexity index is 1690. The van der Waals surface area contributed by atoms with Gasteiger partial charge in [-0.05, 0) is 63.9 Å². The zero-order valence-electron chi connectivity index (χ0n) is 23.8. The van der Waals surface area contributed by atoms with E-state index in [4.69, 9.17) is 9.47 Å². The van der Waals surface area contributed by atoms with Gasteiger partial charge in [0, 0.05) is 11.5 Å². The van der Waals surface area contributed by atoms with Gasteiger partial charge < -0.3 is 19.5 Å². The number of likely N-dealkylation sites (tertiary alicyclic amines) is 1. The number of carboxylic acid groups (broad SMARTS) is 1. The first kappa shape index (κ1) is 28.6.